The van der Waals surface area contributed by atoms with E-state index in [2.05, 4.69) is 10.2 Å². The third-order valence-electron chi connectivity index (χ3n) is 6.61. The summed E-state index contributed by atoms with van der Waals surface area (Å²) in [5.41, 5.74) is 1.88. The number of H-pyrrole nitrogens is 1. The van der Waals surface area contributed by atoms with Gasteiger partial charge in [0.25, 0.3) is 0 Å². The SMILES string of the molecule is O=C(OCc1ccccc1)N1CC2CCCC(C1)C2(O)c1cccc2[nH]ncc12. The predicted molar refractivity (Wildman–Crippen MR) is 109 cm³/mol. The third-order valence-corrected chi connectivity index (χ3v) is 6.61. The third kappa shape index (κ3) is 3.08. The number of rotatable bonds is 3. The van der Waals surface area contributed by atoms with E-state index in [1.54, 1.807) is 11.1 Å². The number of ether oxygens (including phenoxy) is 1. The van der Waals surface area contributed by atoms with Crippen molar-refractivity contribution >= 4 is 17.0 Å². The van der Waals surface area contributed by atoms with Gasteiger partial charge in [0.2, 0.25) is 0 Å². The molecule has 2 heterocycles. The van der Waals surface area contributed by atoms with Crippen LogP contribution in [0.25, 0.3) is 10.9 Å². The van der Waals surface area contributed by atoms with Gasteiger partial charge in [-0.1, -0.05) is 48.9 Å². The summed E-state index contributed by atoms with van der Waals surface area (Å²) in [6.07, 6.45) is 4.35. The molecule has 2 N–H and O–H groups in total. The van der Waals surface area contributed by atoms with Gasteiger partial charge in [-0.15, -0.1) is 0 Å². The second-order valence-electron chi connectivity index (χ2n) is 8.23. The molecule has 6 nitrogen and oxygen atoms in total. The zero-order chi connectivity index (χ0) is 19.8. The average molecular weight is 391 g/mol. The Hall–Kier alpha value is -2.86. The van der Waals surface area contributed by atoms with Crippen molar-refractivity contribution in [3.8, 4) is 0 Å². The summed E-state index contributed by atoms with van der Waals surface area (Å²) in [7, 11) is 0. The lowest BCUT2D eigenvalue weighted by atomic mass is 9.62. The predicted octanol–water partition coefficient (Wildman–Crippen LogP) is 3.82. The quantitative estimate of drug-likeness (QED) is 0.711. The summed E-state index contributed by atoms with van der Waals surface area (Å²) in [6, 6.07) is 15.7. The van der Waals surface area contributed by atoms with E-state index in [1.807, 2.05) is 48.5 Å². The van der Waals surface area contributed by atoms with Gasteiger partial charge < -0.3 is 14.7 Å². The van der Waals surface area contributed by atoms with Crippen LogP contribution < -0.4 is 0 Å². The lowest BCUT2D eigenvalue weighted by Gasteiger charge is -2.53. The van der Waals surface area contributed by atoms with Crippen molar-refractivity contribution in [2.75, 3.05) is 13.1 Å². The van der Waals surface area contributed by atoms with Crippen LogP contribution in [0.15, 0.2) is 54.7 Å². The molecular weight excluding hydrogens is 366 g/mol. The maximum absolute atomic E-state index is 12.7. The normalized spacial score (nSPS) is 26.4. The van der Waals surface area contributed by atoms with Gasteiger partial charge in [-0.05, 0) is 30.0 Å². The van der Waals surface area contributed by atoms with Crippen LogP contribution in [0.2, 0.25) is 0 Å². The number of piperidine rings is 1. The Morgan fingerprint density at radius 1 is 1.14 bits per heavy atom. The summed E-state index contributed by atoms with van der Waals surface area (Å²) in [6.45, 7) is 1.29. The molecule has 1 aromatic heterocycles. The second kappa shape index (κ2) is 7.19. The highest BCUT2D eigenvalue weighted by atomic mass is 16.6. The fraction of sp³-hybridized carbons (Fsp3) is 0.391. The molecule has 1 saturated heterocycles. The fourth-order valence-electron chi connectivity index (χ4n) is 5.17. The van der Waals surface area contributed by atoms with Gasteiger partial charge in [0.1, 0.15) is 6.61 Å². The van der Waals surface area contributed by atoms with Gasteiger partial charge in [-0.3, -0.25) is 5.10 Å². The van der Waals surface area contributed by atoms with Crippen molar-refractivity contribution in [2.45, 2.75) is 31.5 Å². The van der Waals surface area contributed by atoms with Crippen molar-refractivity contribution in [1.29, 1.82) is 0 Å². The van der Waals surface area contributed by atoms with Crippen molar-refractivity contribution in [3.05, 3.63) is 65.9 Å². The van der Waals surface area contributed by atoms with Crippen molar-refractivity contribution in [2.24, 2.45) is 11.8 Å². The molecule has 0 radical (unpaired) electrons. The van der Waals surface area contributed by atoms with E-state index in [0.717, 1.165) is 41.3 Å². The van der Waals surface area contributed by atoms with Crippen molar-refractivity contribution in [1.82, 2.24) is 15.1 Å². The smallest absolute Gasteiger partial charge is 0.410 e. The molecule has 6 heteroatoms. The Labute approximate surface area is 169 Å². The van der Waals surface area contributed by atoms with E-state index in [4.69, 9.17) is 4.74 Å². The van der Waals surface area contributed by atoms with Gasteiger partial charge >= 0.3 is 6.09 Å². The fourth-order valence-corrected chi connectivity index (χ4v) is 5.17. The number of hydrogen-bond acceptors (Lipinski definition) is 4. The van der Waals surface area contributed by atoms with Gasteiger partial charge in [-0.2, -0.15) is 5.10 Å². The second-order valence-corrected chi connectivity index (χ2v) is 8.23. The molecule has 2 aliphatic rings. The number of nitrogens with zero attached hydrogens (tertiary/aromatic N) is 2. The van der Waals surface area contributed by atoms with Crippen LogP contribution in [-0.2, 0) is 16.9 Å². The molecular formula is C23H25N3O3. The minimum atomic E-state index is -0.947. The Bertz CT molecular complexity index is 1000. The number of carbonyl (C=O) groups is 1. The molecule has 2 aromatic carbocycles. The number of fused-ring (bicyclic) bond motifs is 3. The highest BCUT2D eigenvalue weighted by molar-refractivity contribution is 5.82. The number of benzene rings is 2. The van der Waals surface area contributed by atoms with E-state index in [1.165, 1.54) is 0 Å². The van der Waals surface area contributed by atoms with E-state index in [9.17, 15) is 9.90 Å². The molecule has 5 rings (SSSR count). The van der Waals surface area contributed by atoms with Gasteiger partial charge in [-0.25, -0.2) is 4.79 Å². The van der Waals surface area contributed by atoms with Crippen LogP contribution in [0.4, 0.5) is 4.79 Å². The molecule has 150 valence electrons. The molecule has 1 aliphatic carbocycles. The van der Waals surface area contributed by atoms with E-state index < -0.39 is 5.60 Å². The van der Waals surface area contributed by atoms with Gasteiger partial charge in [0, 0.05) is 30.3 Å². The molecule has 2 atom stereocenters. The molecule has 29 heavy (non-hydrogen) atoms. The lowest BCUT2D eigenvalue weighted by molar-refractivity contribution is -0.141. The summed E-state index contributed by atoms with van der Waals surface area (Å²) < 4.78 is 5.55. The first-order valence-corrected chi connectivity index (χ1v) is 10.3. The monoisotopic (exact) mass is 391 g/mol. The van der Waals surface area contributed by atoms with Crippen molar-refractivity contribution in [3.63, 3.8) is 0 Å². The number of carbonyl (C=O) groups excluding carboxylic acids is 1. The van der Waals surface area contributed by atoms with Crippen LogP contribution >= 0.6 is 0 Å². The average Bonchev–Trinajstić information content (AvgIpc) is 3.21. The lowest BCUT2D eigenvalue weighted by Crippen LogP contribution is -2.59. The minimum absolute atomic E-state index is 0.0141. The molecule has 2 fully saturated rings. The molecule has 1 saturated carbocycles. The Balaban J connectivity index is 1.37. The summed E-state index contributed by atoms with van der Waals surface area (Å²) in [5.74, 6) is -0.0282. The number of amides is 1. The summed E-state index contributed by atoms with van der Waals surface area (Å²) >= 11 is 0. The number of aliphatic hydroxyl groups is 1. The van der Waals surface area contributed by atoms with Gasteiger partial charge in [0.15, 0.2) is 0 Å². The zero-order valence-corrected chi connectivity index (χ0v) is 16.3. The van der Waals surface area contributed by atoms with Crippen LogP contribution in [-0.4, -0.2) is 39.4 Å². The van der Waals surface area contributed by atoms with Crippen LogP contribution in [0, 0.1) is 11.8 Å². The van der Waals surface area contributed by atoms with Crippen LogP contribution in [0.3, 0.4) is 0 Å². The number of likely N-dealkylation sites (tertiary alicyclic amines) is 1. The van der Waals surface area contributed by atoms with E-state index >= 15 is 0 Å². The highest BCUT2D eigenvalue weighted by Crippen LogP contribution is 2.50. The van der Waals surface area contributed by atoms with E-state index in [0.29, 0.717) is 13.1 Å². The Morgan fingerprint density at radius 2 is 1.90 bits per heavy atom. The van der Waals surface area contributed by atoms with Crippen LogP contribution in [0.5, 0.6) is 0 Å². The van der Waals surface area contributed by atoms with Crippen molar-refractivity contribution < 1.29 is 14.6 Å². The largest absolute Gasteiger partial charge is 0.445 e. The first-order chi connectivity index (χ1) is 14.2. The molecule has 3 aromatic rings. The molecule has 1 amide bonds. The summed E-state index contributed by atoms with van der Waals surface area (Å²) in [4.78, 5) is 14.5. The van der Waals surface area contributed by atoms with Crippen LogP contribution in [0.1, 0.15) is 30.4 Å². The first-order valence-electron chi connectivity index (χ1n) is 10.3. The summed E-state index contributed by atoms with van der Waals surface area (Å²) in [5, 5.41) is 20.0. The molecule has 1 aliphatic heterocycles. The molecule has 2 bridgehead atoms. The number of aromatic amines is 1. The standard InChI is InChI=1S/C23H25N3O3/c27-22(29-15-16-6-2-1-3-7-16)26-13-17-8-4-9-18(14-26)23(17,28)20-10-5-11-21-19(20)12-24-25-21/h1-3,5-7,10-12,17-18,28H,4,8-9,13-15H2,(H,24,25). The Kier molecular flexibility index (Phi) is 4.51. The highest BCUT2D eigenvalue weighted by Gasteiger charge is 2.53. The zero-order valence-electron chi connectivity index (χ0n) is 16.3. The minimum Gasteiger partial charge on any atom is -0.445 e. The Morgan fingerprint density at radius 3 is 2.66 bits per heavy atom. The number of aromatic nitrogens is 2. The maximum Gasteiger partial charge on any atom is 0.410 e. The first kappa shape index (κ1) is 18.2. The van der Waals surface area contributed by atoms with E-state index in [-0.39, 0.29) is 24.5 Å². The topological polar surface area (TPSA) is 78.5 Å². The molecule has 2 unspecified atom stereocenters. The van der Waals surface area contributed by atoms with Gasteiger partial charge in [0.05, 0.1) is 17.3 Å². The number of hydrogen-bond donors (Lipinski definition) is 2. The maximum atomic E-state index is 12.7. The molecule has 0 spiro atoms. The number of nitrogens with one attached hydrogen (secondary N) is 1.